The Balaban J connectivity index is 1.46. The molecule has 0 amide bonds. The smallest absolute Gasteiger partial charge is 0.243 e. The summed E-state index contributed by atoms with van der Waals surface area (Å²) in [6, 6.07) is 20.1. The monoisotopic (exact) mass is 510 g/mol. The van der Waals surface area contributed by atoms with Gasteiger partial charge in [-0.25, -0.2) is 12.8 Å². The molecule has 182 valence electrons. The average molecular weight is 511 g/mol. The fourth-order valence-corrected chi connectivity index (χ4v) is 7.31. The molecule has 1 aromatic heterocycles. The van der Waals surface area contributed by atoms with Crippen LogP contribution in [0.3, 0.4) is 0 Å². The van der Waals surface area contributed by atoms with Gasteiger partial charge in [0.2, 0.25) is 10.0 Å². The van der Waals surface area contributed by atoms with Gasteiger partial charge in [-0.2, -0.15) is 4.31 Å². The van der Waals surface area contributed by atoms with Crippen molar-refractivity contribution < 1.29 is 12.8 Å². The predicted octanol–water partition coefficient (Wildman–Crippen LogP) is 6.67. The number of para-hydroxylation sites is 1. The van der Waals surface area contributed by atoms with Gasteiger partial charge in [0.15, 0.2) is 0 Å². The summed E-state index contributed by atoms with van der Waals surface area (Å²) in [6.07, 6.45) is 1.47. The third-order valence-electron chi connectivity index (χ3n) is 7.23. The number of aromatic nitrogens is 1. The standard InChI is InChI=1S/C28H28ClFN2O2S/c1-19-8-3-6-13-27(19)35(33,34)31-16-14-21(15-17-31)28-20(2)32(26-12-5-4-9-22(26)28)18-23-24(29)10-7-11-25(23)30/h3-13,21H,14-18H2,1-2H3. The van der Waals surface area contributed by atoms with Gasteiger partial charge in [0, 0.05) is 40.3 Å². The second kappa shape index (κ2) is 9.41. The average Bonchev–Trinajstić information content (AvgIpc) is 3.12. The van der Waals surface area contributed by atoms with Crippen molar-refractivity contribution in [3.63, 3.8) is 0 Å². The van der Waals surface area contributed by atoms with Crippen molar-refractivity contribution in [1.82, 2.24) is 8.87 Å². The minimum atomic E-state index is -3.52. The van der Waals surface area contributed by atoms with Crippen LogP contribution in [0.1, 0.15) is 41.1 Å². The quantitative estimate of drug-likeness (QED) is 0.301. The van der Waals surface area contributed by atoms with Gasteiger partial charge in [-0.1, -0.05) is 54.1 Å². The highest BCUT2D eigenvalue weighted by atomic mass is 35.5. The molecular weight excluding hydrogens is 483 g/mol. The van der Waals surface area contributed by atoms with E-state index in [0.29, 0.717) is 35.1 Å². The Labute approximate surface area is 211 Å². The molecule has 0 bridgehead atoms. The molecule has 1 saturated heterocycles. The maximum absolute atomic E-state index is 14.6. The van der Waals surface area contributed by atoms with Gasteiger partial charge in [0.25, 0.3) is 0 Å². The lowest BCUT2D eigenvalue weighted by Crippen LogP contribution is -2.38. The van der Waals surface area contributed by atoms with Crippen LogP contribution in [-0.2, 0) is 16.6 Å². The topological polar surface area (TPSA) is 42.3 Å². The highest BCUT2D eigenvalue weighted by Gasteiger charge is 2.32. The summed E-state index contributed by atoms with van der Waals surface area (Å²) in [6.45, 7) is 5.19. The number of piperidine rings is 1. The number of rotatable bonds is 5. The van der Waals surface area contributed by atoms with Crippen molar-refractivity contribution in [2.45, 2.75) is 44.0 Å². The molecule has 1 aliphatic heterocycles. The fourth-order valence-electron chi connectivity index (χ4n) is 5.39. The highest BCUT2D eigenvalue weighted by Crippen LogP contribution is 2.39. The van der Waals surface area contributed by atoms with E-state index in [1.165, 1.54) is 11.6 Å². The molecule has 0 radical (unpaired) electrons. The first-order valence-electron chi connectivity index (χ1n) is 11.9. The van der Waals surface area contributed by atoms with E-state index in [1.807, 2.05) is 31.2 Å². The van der Waals surface area contributed by atoms with Crippen LogP contribution < -0.4 is 0 Å². The fraction of sp³-hybridized carbons (Fsp3) is 0.286. The van der Waals surface area contributed by atoms with Gasteiger partial charge in [0.05, 0.1) is 11.4 Å². The Bertz CT molecular complexity index is 1480. The Morgan fingerprint density at radius 1 is 0.943 bits per heavy atom. The summed E-state index contributed by atoms with van der Waals surface area (Å²) in [4.78, 5) is 0.382. The lowest BCUT2D eigenvalue weighted by Gasteiger charge is -2.32. The minimum Gasteiger partial charge on any atom is -0.340 e. The molecule has 0 spiro atoms. The second-order valence-electron chi connectivity index (χ2n) is 9.25. The zero-order chi connectivity index (χ0) is 24.7. The molecular formula is C28H28ClFN2O2S. The number of sulfonamides is 1. The molecule has 0 atom stereocenters. The van der Waals surface area contributed by atoms with Gasteiger partial charge in [-0.15, -0.1) is 0 Å². The molecule has 5 rings (SSSR count). The van der Waals surface area contributed by atoms with E-state index in [4.69, 9.17) is 11.6 Å². The largest absolute Gasteiger partial charge is 0.340 e. The van der Waals surface area contributed by atoms with E-state index in [-0.39, 0.29) is 11.7 Å². The molecule has 1 fully saturated rings. The lowest BCUT2D eigenvalue weighted by molar-refractivity contribution is 0.319. The molecule has 35 heavy (non-hydrogen) atoms. The first kappa shape index (κ1) is 24.0. The van der Waals surface area contributed by atoms with Crippen LogP contribution in [0, 0.1) is 19.7 Å². The summed E-state index contributed by atoms with van der Waals surface area (Å²) in [5.41, 5.74) is 4.57. The number of aryl methyl sites for hydroxylation is 1. The number of nitrogens with zero attached hydrogens (tertiary/aromatic N) is 2. The maximum atomic E-state index is 14.6. The predicted molar refractivity (Wildman–Crippen MR) is 139 cm³/mol. The normalized spacial score (nSPS) is 15.7. The van der Waals surface area contributed by atoms with Crippen LogP contribution in [0.4, 0.5) is 4.39 Å². The molecule has 0 unspecified atom stereocenters. The molecule has 4 nitrogen and oxygen atoms in total. The van der Waals surface area contributed by atoms with Crippen molar-refractivity contribution in [2.24, 2.45) is 0 Å². The molecule has 3 aromatic carbocycles. The van der Waals surface area contributed by atoms with Gasteiger partial charge < -0.3 is 4.57 Å². The van der Waals surface area contributed by atoms with E-state index in [2.05, 4.69) is 23.6 Å². The first-order valence-corrected chi connectivity index (χ1v) is 13.7. The summed E-state index contributed by atoms with van der Waals surface area (Å²) in [5, 5.41) is 1.55. The van der Waals surface area contributed by atoms with Crippen LogP contribution in [0.5, 0.6) is 0 Å². The Morgan fingerprint density at radius 3 is 2.34 bits per heavy atom. The number of hydrogen-bond acceptors (Lipinski definition) is 2. The highest BCUT2D eigenvalue weighted by molar-refractivity contribution is 7.89. The Kier molecular flexibility index (Phi) is 6.47. The van der Waals surface area contributed by atoms with Crippen molar-refractivity contribution >= 4 is 32.5 Å². The van der Waals surface area contributed by atoms with Gasteiger partial charge in [-0.3, -0.25) is 0 Å². The van der Waals surface area contributed by atoms with E-state index in [9.17, 15) is 12.8 Å². The second-order valence-corrected chi connectivity index (χ2v) is 11.6. The van der Waals surface area contributed by atoms with Crippen molar-refractivity contribution in [3.05, 3.63) is 100.0 Å². The Morgan fingerprint density at radius 2 is 1.63 bits per heavy atom. The zero-order valence-corrected chi connectivity index (χ0v) is 21.4. The number of benzene rings is 3. The molecule has 1 aliphatic rings. The third-order valence-corrected chi connectivity index (χ3v) is 9.64. The molecule has 7 heteroatoms. The van der Waals surface area contributed by atoms with E-state index in [1.54, 1.807) is 28.6 Å². The molecule has 2 heterocycles. The zero-order valence-electron chi connectivity index (χ0n) is 19.8. The van der Waals surface area contributed by atoms with Crippen LogP contribution >= 0.6 is 11.6 Å². The van der Waals surface area contributed by atoms with Crippen LogP contribution in [-0.4, -0.2) is 30.4 Å². The molecule has 4 aromatic rings. The number of hydrogen-bond donors (Lipinski definition) is 0. The minimum absolute atomic E-state index is 0.223. The van der Waals surface area contributed by atoms with Gasteiger partial charge >= 0.3 is 0 Å². The molecule has 0 N–H and O–H groups in total. The SMILES string of the molecule is Cc1ccccc1S(=O)(=O)N1CCC(c2c(C)n(Cc3c(F)cccc3Cl)c3ccccc23)CC1. The summed E-state index contributed by atoms with van der Waals surface area (Å²) in [5.74, 6) is -0.0912. The van der Waals surface area contributed by atoms with Crippen LogP contribution in [0.2, 0.25) is 5.02 Å². The van der Waals surface area contributed by atoms with E-state index >= 15 is 0 Å². The van der Waals surface area contributed by atoms with Gasteiger partial charge in [-0.05, 0) is 68.0 Å². The Hall–Kier alpha value is -2.67. The van der Waals surface area contributed by atoms with E-state index < -0.39 is 10.0 Å². The lowest BCUT2D eigenvalue weighted by atomic mass is 9.88. The van der Waals surface area contributed by atoms with Gasteiger partial charge in [0.1, 0.15) is 5.82 Å². The van der Waals surface area contributed by atoms with E-state index in [0.717, 1.165) is 35.0 Å². The van der Waals surface area contributed by atoms with Crippen molar-refractivity contribution in [1.29, 1.82) is 0 Å². The number of fused-ring (bicyclic) bond motifs is 1. The number of halogens is 2. The van der Waals surface area contributed by atoms with Crippen molar-refractivity contribution in [3.8, 4) is 0 Å². The van der Waals surface area contributed by atoms with Crippen LogP contribution in [0.25, 0.3) is 10.9 Å². The molecule has 0 saturated carbocycles. The third kappa shape index (κ3) is 4.28. The summed E-state index contributed by atoms with van der Waals surface area (Å²) >= 11 is 6.34. The van der Waals surface area contributed by atoms with Crippen molar-refractivity contribution in [2.75, 3.05) is 13.1 Å². The maximum Gasteiger partial charge on any atom is 0.243 e. The summed E-state index contributed by atoms with van der Waals surface area (Å²) < 4.78 is 44.9. The molecule has 0 aliphatic carbocycles. The van der Waals surface area contributed by atoms with Crippen LogP contribution in [0.15, 0.2) is 71.6 Å². The summed E-state index contributed by atoms with van der Waals surface area (Å²) in [7, 11) is -3.52. The first-order chi connectivity index (χ1) is 16.8.